The predicted octanol–water partition coefficient (Wildman–Crippen LogP) is 6.52. The number of nitrogens with zero attached hydrogens (tertiary/aromatic N) is 2. The first-order valence-corrected chi connectivity index (χ1v) is 14.8. The molecule has 4 heteroatoms. The van der Waals surface area contributed by atoms with Gasteiger partial charge in [0.2, 0.25) is 0 Å². The van der Waals surface area contributed by atoms with Gasteiger partial charge < -0.3 is 5.32 Å². The van der Waals surface area contributed by atoms with Gasteiger partial charge in [0.15, 0.2) is 0 Å². The summed E-state index contributed by atoms with van der Waals surface area (Å²) in [5.74, 6) is 0.0756. The molecule has 1 N–H and O–H groups in total. The van der Waals surface area contributed by atoms with Gasteiger partial charge in [0, 0.05) is 43.3 Å². The van der Waals surface area contributed by atoms with Gasteiger partial charge in [-0.3, -0.25) is 14.6 Å². The fourth-order valence-corrected chi connectivity index (χ4v) is 7.01. The number of carbonyl (C=O) groups is 1. The number of fused-ring (bicyclic) bond motifs is 2. The van der Waals surface area contributed by atoms with Crippen LogP contribution in [0.15, 0.2) is 61.2 Å². The second-order valence-corrected chi connectivity index (χ2v) is 11.4. The van der Waals surface area contributed by atoms with E-state index in [9.17, 15) is 4.79 Å². The van der Waals surface area contributed by atoms with E-state index in [2.05, 4.69) is 71.1 Å². The molecule has 2 aliphatic heterocycles. The molecule has 2 saturated heterocycles. The quantitative estimate of drug-likeness (QED) is 0.420. The Morgan fingerprint density at radius 1 is 0.973 bits per heavy atom. The molecule has 198 valence electrons. The van der Waals surface area contributed by atoms with Crippen molar-refractivity contribution in [3.05, 3.63) is 83.4 Å². The summed E-state index contributed by atoms with van der Waals surface area (Å²) >= 11 is 0. The standard InChI is InChI=1S/C33H45N3O/c1-3-21-36-30-14-9-15-31(36)24-35(22-20-30)32(28-11-8-10-25(4-2)23-28)26-16-18-27(19-17-26)33(37)34-29-12-6-5-7-13-29/h3,8,10-11,16-19,23,29-32H,1,4-7,9,12-15,20-22,24H2,2H3,(H,34,37). The van der Waals surface area contributed by atoms with E-state index >= 15 is 0 Å². The zero-order valence-corrected chi connectivity index (χ0v) is 22.7. The van der Waals surface area contributed by atoms with Crippen LogP contribution < -0.4 is 5.32 Å². The number of nitrogens with one attached hydrogen (secondary N) is 1. The summed E-state index contributed by atoms with van der Waals surface area (Å²) in [5, 5.41) is 3.28. The van der Waals surface area contributed by atoms with Crippen molar-refractivity contribution in [2.24, 2.45) is 0 Å². The molecule has 2 aromatic rings. The number of carbonyl (C=O) groups excluding carboxylic acids is 1. The van der Waals surface area contributed by atoms with Crippen LogP contribution in [0.1, 0.15) is 97.8 Å². The second kappa shape index (κ2) is 12.4. The lowest BCUT2D eigenvalue weighted by molar-refractivity contribution is 0.0927. The molecule has 3 unspecified atom stereocenters. The van der Waals surface area contributed by atoms with E-state index in [1.54, 1.807) is 0 Å². The Hall–Kier alpha value is -2.43. The smallest absolute Gasteiger partial charge is 0.251 e. The average Bonchev–Trinajstić information content (AvgIpc) is 3.02. The molecule has 37 heavy (non-hydrogen) atoms. The van der Waals surface area contributed by atoms with Crippen molar-refractivity contribution in [3.8, 4) is 0 Å². The number of aryl methyl sites for hydroxylation is 1. The third kappa shape index (κ3) is 6.18. The van der Waals surface area contributed by atoms with Crippen molar-refractivity contribution in [2.45, 2.75) is 95.3 Å². The van der Waals surface area contributed by atoms with Crippen LogP contribution in [-0.2, 0) is 6.42 Å². The molecule has 1 amide bonds. The average molecular weight is 500 g/mol. The van der Waals surface area contributed by atoms with E-state index in [4.69, 9.17) is 0 Å². The Morgan fingerprint density at radius 2 is 1.76 bits per heavy atom. The molecule has 3 atom stereocenters. The van der Waals surface area contributed by atoms with Crippen molar-refractivity contribution in [3.63, 3.8) is 0 Å². The summed E-state index contributed by atoms with van der Waals surface area (Å²) in [6.45, 7) is 9.45. The van der Waals surface area contributed by atoms with Crippen molar-refractivity contribution in [1.82, 2.24) is 15.1 Å². The van der Waals surface area contributed by atoms with E-state index in [1.165, 1.54) is 61.6 Å². The molecule has 4 nitrogen and oxygen atoms in total. The lowest BCUT2D eigenvalue weighted by atomic mass is 9.93. The second-order valence-electron chi connectivity index (χ2n) is 11.4. The number of amides is 1. The summed E-state index contributed by atoms with van der Waals surface area (Å²) in [6, 6.07) is 19.4. The van der Waals surface area contributed by atoms with E-state index < -0.39 is 0 Å². The van der Waals surface area contributed by atoms with Gasteiger partial charge in [-0.25, -0.2) is 0 Å². The van der Waals surface area contributed by atoms with E-state index in [0.29, 0.717) is 18.1 Å². The molecule has 5 rings (SSSR count). The van der Waals surface area contributed by atoms with Gasteiger partial charge in [0.1, 0.15) is 0 Å². The van der Waals surface area contributed by atoms with E-state index in [-0.39, 0.29) is 11.9 Å². The molecule has 1 saturated carbocycles. The first kappa shape index (κ1) is 26.2. The highest BCUT2D eigenvalue weighted by atomic mass is 16.1. The van der Waals surface area contributed by atoms with Crippen molar-refractivity contribution >= 4 is 5.91 Å². The Balaban J connectivity index is 1.41. The summed E-state index contributed by atoms with van der Waals surface area (Å²) in [5.41, 5.74) is 4.81. The third-order valence-corrected chi connectivity index (χ3v) is 9.02. The molecule has 3 aliphatic rings. The van der Waals surface area contributed by atoms with Gasteiger partial charge in [-0.15, -0.1) is 6.58 Å². The number of rotatable bonds is 8. The Kier molecular flexibility index (Phi) is 8.78. The molecule has 3 fully saturated rings. The molecule has 2 aromatic carbocycles. The number of hydrogen-bond acceptors (Lipinski definition) is 3. The largest absolute Gasteiger partial charge is 0.349 e. The van der Waals surface area contributed by atoms with Gasteiger partial charge in [0.25, 0.3) is 5.91 Å². The maximum atomic E-state index is 13.0. The summed E-state index contributed by atoms with van der Waals surface area (Å²) in [4.78, 5) is 18.4. The molecule has 2 heterocycles. The molecular weight excluding hydrogens is 454 g/mol. The minimum atomic E-state index is 0.0756. The third-order valence-electron chi connectivity index (χ3n) is 9.02. The lowest BCUT2D eigenvalue weighted by Gasteiger charge is -2.41. The maximum Gasteiger partial charge on any atom is 0.251 e. The van der Waals surface area contributed by atoms with Gasteiger partial charge in [0.05, 0.1) is 6.04 Å². The highest BCUT2D eigenvalue weighted by molar-refractivity contribution is 5.94. The first-order valence-electron chi connectivity index (χ1n) is 14.8. The first-order chi connectivity index (χ1) is 18.2. The SMILES string of the molecule is C=CCN1C2CCCC1CN(C(c1ccc(C(=O)NC3CCCCC3)cc1)c1cccc(CC)c1)CC2. The minimum absolute atomic E-state index is 0.0756. The van der Waals surface area contributed by atoms with Crippen LogP contribution in [0.25, 0.3) is 0 Å². The lowest BCUT2D eigenvalue weighted by Crippen LogP contribution is -2.48. The van der Waals surface area contributed by atoms with Crippen LogP contribution in [0.5, 0.6) is 0 Å². The Labute approximate surface area is 224 Å². The molecular formula is C33H45N3O. The number of piperidine rings is 1. The van der Waals surface area contributed by atoms with Crippen LogP contribution in [0.4, 0.5) is 0 Å². The summed E-state index contributed by atoms with van der Waals surface area (Å²) in [7, 11) is 0. The van der Waals surface area contributed by atoms with Crippen LogP contribution in [0.2, 0.25) is 0 Å². The van der Waals surface area contributed by atoms with Gasteiger partial charge in [-0.1, -0.05) is 75.1 Å². The highest BCUT2D eigenvalue weighted by Crippen LogP contribution is 2.36. The van der Waals surface area contributed by atoms with Gasteiger partial charge >= 0.3 is 0 Å². The van der Waals surface area contributed by atoms with E-state index in [1.807, 2.05) is 12.1 Å². The van der Waals surface area contributed by atoms with Crippen LogP contribution in [0, 0.1) is 0 Å². The summed E-state index contributed by atoms with van der Waals surface area (Å²) in [6.07, 6.45) is 14.2. The van der Waals surface area contributed by atoms with Crippen molar-refractivity contribution < 1.29 is 4.79 Å². The zero-order valence-electron chi connectivity index (χ0n) is 22.7. The molecule has 0 radical (unpaired) electrons. The topological polar surface area (TPSA) is 35.6 Å². The van der Waals surface area contributed by atoms with Crippen molar-refractivity contribution in [1.29, 1.82) is 0 Å². The fraction of sp³-hybridized carbons (Fsp3) is 0.545. The Morgan fingerprint density at radius 3 is 2.51 bits per heavy atom. The van der Waals surface area contributed by atoms with Crippen LogP contribution in [-0.4, -0.2) is 53.5 Å². The van der Waals surface area contributed by atoms with Crippen molar-refractivity contribution in [2.75, 3.05) is 19.6 Å². The monoisotopic (exact) mass is 499 g/mol. The minimum Gasteiger partial charge on any atom is -0.349 e. The highest BCUT2D eigenvalue weighted by Gasteiger charge is 2.36. The maximum absolute atomic E-state index is 13.0. The number of hydrogen-bond donors (Lipinski definition) is 1. The summed E-state index contributed by atoms with van der Waals surface area (Å²) < 4.78 is 0. The van der Waals surface area contributed by atoms with Gasteiger partial charge in [-0.2, -0.15) is 0 Å². The number of benzene rings is 2. The predicted molar refractivity (Wildman–Crippen MR) is 153 cm³/mol. The van der Waals surface area contributed by atoms with Crippen LogP contribution >= 0.6 is 0 Å². The molecule has 0 aromatic heterocycles. The van der Waals surface area contributed by atoms with Gasteiger partial charge in [-0.05, 0) is 67.3 Å². The molecule has 2 bridgehead atoms. The zero-order chi connectivity index (χ0) is 25.6. The molecule has 0 spiro atoms. The molecule has 1 aliphatic carbocycles. The fourth-order valence-electron chi connectivity index (χ4n) is 7.01. The normalized spacial score (nSPS) is 24.2. The van der Waals surface area contributed by atoms with Crippen LogP contribution in [0.3, 0.4) is 0 Å². The Bertz CT molecular complexity index is 1040. The van der Waals surface area contributed by atoms with E-state index in [0.717, 1.165) is 44.5 Å².